The summed E-state index contributed by atoms with van der Waals surface area (Å²) in [6, 6.07) is -0.0435. The van der Waals surface area contributed by atoms with Crippen LogP contribution in [0.3, 0.4) is 0 Å². The molecule has 1 rings (SSSR count). The summed E-state index contributed by atoms with van der Waals surface area (Å²) in [5.41, 5.74) is 0. The SMILES string of the molecule is CC(C)N(C)S(=O)(=O)NC1CCCCC1CCl. The van der Waals surface area contributed by atoms with Gasteiger partial charge in [-0.1, -0.05) is 12.8 Å². The normalized spacial score (nSPS) is 26.7. The van der Waals surface area contributed by atoms with E-state index in [2.05, 4.69) is 4.72 Å². The first-order valence-electron chi connectivity index (χ1n) is 6.19. The molecular formula is C11H23ClN2O2S. The maximum Gasteiger partial charge on any atom is 0.279 e. The fourth-order valence-corrected chi connectivity index (χ4v) is 3.88. The summed E-state index contributed by atoms with van der Waals surface area (Å²) in [4.78, 5) is 0. The minimum atomic E-state index is -3.38. The molecule has 0 aliphatic heterocycles. The number of alkyl halides is 1. The minimum absolute atomic E-state index is 0.00699. The van der Waals surface area contributed by atoms with E-state index in [1.165, 1.54) is 4.31 Å². The second kappa shape index (κ2) is 6.36. The van der Waals surface area contributed by atoms with E-state index < -0.39 is 10.2 Å². The van der Waals surface area contributed by atoms with Crippen LogP contribution >= 0.6 is 11.6 Å². The Morgan fingerprint density at radius 1 is 1.35 bits per heavy atom. The maximum atomic E-state index is 12.1. The third kappa shape index (κ3) is 4.09. The second-order valence-corrected chi connectivity index (χ2v) is 7.11. The van der Waals surface area contributed by atoms with E-state index in [0.717, 1.165) is 25.7 Å². The van der Waals surface area contributed by atoms with Crippen molar-refractivity contribution >= 4 is 21.8 Å². The molecular weight excluding hydrogens is 260 g/mol. The van der Waals surface area contributed by atoms with E-state index in [9.17, 15) is 8.42 Å². The van der Waals surface area contributed by atoms with Gasteiger partial charge in [0.1, 0.15) is 0 Å². The molecule has 1 fully saturated rings. The van der Waals surface area contributed by atoms with Gasteiger partial charge >= 0.3 is 0 Å². The Balaban J connectivity index is 2.68. The van der Waals surface area contributed by atoms with E-state index in [-0.39, 0.29) is 18.0 Å². The van der Waals surface area contributed by atoms with Gasteiger partial charge in [0.2, 0.25) is 0 Å². The van der Waals surface area contributed by atoms with Crippen LogP contribution in [0, 0.1) is 5.92 Å². The standard InChI is InChI=1S/C11H23ClN2O2S/c1-9(2)14(3)17(15,16)13-11-7-5-4-6-10(11)8-12/h9-11,13H,4-8H2,1-3H3. The lowest BCUT2D eigenvalue weighted by Gasteiger charge is -2.32. The van der Waals surface area contributed by atoms with Crippen LogP contribution in [-0.2, 0) is 10.2 Å². The fourth-order valence-electron chi connectivity index (χ4n) is 2.10. The number of nitrogens with one attached hydrogen (secondary N) is 1. The lowest BCUT2D eigenvalue weighted by molar-refractivity contribution is 0.303. The van der Waals surface area contributed by atoms with Gasteiger partial charge in [-0.3, -0.25) is 0 Å². The zero-order valence-electron chi connectivity index (χ0n) is 10.8. The predicted molar refractivity (Wildman–Crippen MR) is 71.4 cm³/mol. The lowest BCUT2D eigenvalue weighted by atomic mass is 9.86. The highest BCUT2D eigenvalue weighted by molar-refractivity contribution is 7.87. The van der Waals surface area contributed by atoms with Crippen LogP contribution in [0.1, 0.15) is 39.5 Å². The van der Waals surface area contributed by atoms with Crippen molar-refractivity contribution in [3.05, 3.63) is 0 Å². The van der Waals surface area contributed by atoms with Crippen LogP contribution in [0.25, 0.3) is 0 Å². The van der Waals surface area contributed by atoms with Crippen molar-refractivity contribution in [2.75, 3.05) is 12.9 Å². The minimum Gasteiger partial charge on any atom is -0.199 e. The smallest absolute Gasteiger partial charge is 0.199 e. The van der Waals surface area contributed by atoms with Crippen LogP contribution in [0.2, 0.25) is 0 Å². The third-order valence-electron chi connectivity index (χ3n) is 3.51. The Bertz CT molecular complexity index is 332. The van der Waals surface area contributed by atoms with Gasteiger partial charge in [-0.15, -0.1) is 11.6 Å². The molecule has 0 aromatic carbocycles. The average molecular weight is 283 g/mol. The van der Waals surface area contributed by atoms with Gasteiger partial charge in [-0.25, -0.2) is 0 Å². The van der Waals surface area contributed by atoms with E-state index >= 15 is 0 Å². The summed E-state index contributed by atoms with van der Waals surface area (Å²) in [7, 11) is -1.77. The molecule has 1 aliphatic rings. The molecule has 0 amide bonds. The largest absolute Gasteiger partial charge is 0.279 e. The highest BCUT2D eigenvalue weighted by Crippen LogP contribution is 2.26. The molecule has 2 atom stereocenters. The molecule has 1 N–H and O–H groups in total. The molecule has 0 spiro atoms. The molecule has 0 aromatic rings. The summed E-state index contributed by atoms with van der Waals surface area (Å²) in [5, 5.41) is 0. The monoisotopic (exact) mass is 282 g/mol. The van der Waals surface area contributed by atoms with Crippen molar-refractivity contribution in [2.24, 2.45) is 5.92 Å². The van der Waals surface area contributed by atoms with Crippen LogP contribution < -0.4 is 4.72 Å². The molecule has 2 unspecified atom stereocenters. The summed E-state index contributed by atoms with van der Waals surface area (Å²) < 4.78 is 28.3. The first-order chi connectivity index (χ1) is 7.88. The highest BCUT2D eigenvalue weighted by atomic mass is 35.5. The van der Waals surface area contributed by atoms with Gasteiger partial charge in [-0.05, 0) is 32.6 Å². The third-order valence-corrected chi connectivity index (χ3v) is 5.69. The summed E-state index contributed by atoms with van der Waals surface area (Å²) in [6.07, 6.45) is 4.13. The fraction of sp³-hybridized carbons (Fsp3) is 1.00. The molecule has 6 heteroatoms. The number of nitrogens with zero attached hydrogens (tertiary/aromatic N) is 1. The second-order valence-electron chi connectivity index (χ2n) is 5.04. The zero-order valence-corrected chi connectivity index (χ0v) is 12.4. The molecule has 102 valence electrons. The first kappa shape index (κ1) is 15.2. The number of hydrogen-bond acceptors (Lipinski definition) is 2. The number of halogens is 1. The average Bonchev–Trinajstić information content (AvgIpc) is 2.28. The summed E-state index contributed by atoms with van der Waals surface area (Å²) in [5.74, 6) is 0.791. The maximum absolute atomic E-state index is 12.1. The van der Waals surface area contributed by atoms with Gasteiger partial charge in [0.15, 0.2) is 0 Å². The van der Waals surface area contributed by atoms with Crippen LogP contribution in [-0.4, -0.2) is 37.7 Å². The van der Waals surface area contributed by atoms with Crippen molar-refractivity contribution in [3.63, 3.8) is 0 Å². The molecule has 17 heavy (non-hydrogen) atoms. The van der Waals surface area contributed by atoms with Gasteiger partial charge in [0, 0.05) is 25.0 Å². The van der Waals surface area contributed by atoms with Crippen LogP contribution in [0.15, 0.2) is 0 Å². The predicted octanol–water partition coefficient (Wildman–Crippen LogP) is 1.96. The van der Waals surface area contributed by atoms with Crippen molar-refractivity contribution in [2.45, 2.75) is 51.6 Å². The molecule has 0 saturated heterocycles. The van der Waals surface area contributed by atoms with Crippen molar-refractivity contribution in [3.8, 4) is 0 Å². The van der Waals surface area contributed by atoms with Crippen molar-refractivity contribution < 1.29 is 8.42 Å². The first-order valence-corrected chi connectivity index (χ1v) is 8.17. The van der Waals surface area contributed by atoms with Gasteiger partial charge in [0.05, 0.1) is 0 Å². The Morgan fingerprint density at radius 2 is 1.94 bits per heavy atom. The molecule has 4 nitrogen and oxygen atoms in total. The molecule has 1 saturated carbocycles. The Morgan fingerprint density at radius 3 is 2.47 bits per heavy atom. The van der Waals surface area contributed by atoms with Crippen LogP contribution in [0.5, 0.6) is 0 Å². The van der Waals surface area contributed by atoms with E-state index in [4.69, 9.17) is 11.6 Å². The van der Waals surface area contributed by atoms with Crippen molar-refractivity contribution in [1.29, 1.82) is 0 Å². The Hall–Kier alpha value is 0.160. The molecule has 0 radical (unpaired) electrons. The van der Waals surface area contributed by atoms with Gasteiger partial charge < -0.3 is 0 Å². The van der Waals surface area contributed by atoms with E-state index in [0.29, 0.717) is 5.88 Å². The molecule has 0 heterocycles. The van der Waals surface area contributed by atoms with Crippen molar-refractivity contribution in [1.82, 2.24) is 9.03 Å². The van der Waals surface area contributed by atoms with E-state index in [1.54, 1.807) is 7.05 Å². The quantitative estimate of drug-likeness (QED) is 0.784. The Labute approximate surface area is 110 Å². The van der Waals surface area contributed by atoms with E-state index in [1.807, 2.05) is 13.8 Å². The zero-order chi connectivity index (χ0) is 13.1. The number of hydrogen-bond donors (Lipinski definition) is 1. The van der Waals surface area contributed by atoms with Gasteiger partial charge in [0.25, 0.3) is 10.2 Å². The number of rotatable bonds is 5. The summed E-state index contributed by atoms with van der Waals surface area (Å²) in [6.45, 7) is 3.72. The topological polar surface area (TPSA) is 49.4 Å². The van der Waals surface area contributed by atoms with Gasteiger partial charge in [-0.2, -0.15) is 17.4 Å². The highest BCUT2D eigenvalue weighted by Gasteiger charge is 2.30. The molecule has 1 aliphatic carbocycles. The molecule has 0 bridgehead atoms. The Kier molecular flexibility index (Phi) is 5.70. The summed E-state index contributed by atoms with van der Waals surface area (Å²) >= 11 is 5.90. The van der Waals surface area contributed by atoms with Crippen LogP contribution in [0.4, 0.5) is 0 Å². The lowest BCUT2D eigenvalue weighted by Crippen LogP contribution is -2.49. The molecule has 0 aromatic heterocycles.